The van der Waals surface area contributed by atoms with Crippen molar-refractivity contribution in [1.82, 2.24) is 0 Å². The van der Waals surface area contributed by atoms with Crippen molar-refractivity contribution in [3.05, 3.63) is 52.7 Å². The molecule has 124 valence electrons. The quantitative estimate of drug-likeness (QED) is 0.740. The molecule has 5 nitrogen and oxygen atoms in total. The van der Waals surface area contributed by atoms with Crippen LogP contribution in [0.15, 0.2) is 61.7 Å². The Labute approximate surface area is 142 Å². The SMILES string of the molecule is CC(C)Oc1cc(O)c2c(=O)cc(Sc3ccc(O)cc3)oc2c1. The summed E-state index contributed by atoms with van der Waals surface area (Å²) in [5.74, 6) is 0.433. The number of ether oxygens (including phenoxy) is 1. The van der Waals surface area contributed by atoms with E-state index in [-0.39, 0.29) is 34.0 Å². The van der Waals surface area contributed by atoms with Gasteiger partial charge in [-0.2, -0.15) is 0 Å². The van der Waals surface area contributed by atoms with Gasteiger partial charge in [-0.3, -0.25) is 4.79 Å². The van der Waals surface area contributed by atoms with Crippen LogP contribution in [-0.4, -0.2) is 16.3 Å². The van der Waals surface area contributed by atoms with Crippen LogP contribution in [0.4, 0.5) is 0 Å². The molecule has 0 amide bonds. The lowest BCUT2D eigenvalue weighted by molar-refractivity contribution is 0.241. The van der Waals surface area contributed by atoms with E-state index in [4.69, 9.17) is 9.15 Å². The third-order valence-corrected chi connectivity index (χ3v) is 4.10. The van der Waals surface area contributed by atoms with Gasteiger partial charge in [-0.15, -0.1) is 0 Å². The van der Waals surface area contributed by atoms with Crippen LogP contribution in [0.1, 0.15) is 13.8 Å². The largest absolute Gasteiger partial charge is 0.508 e. The van der Waals surface area contributed by atoms with Crippen LogP contribution in [0, 0.1) is 0 Å². The highest BCUT2D eigenvalue weighted by Crippen LogP contribution is 2.33. The molecule has 0 aliphatic carbocycles. The lowest BCUT2D eigenvalue weighted by Gasteiger charge is -2.11. The summed E-state index contributed by atoms with van der Waals surface area (Å²) < 4.78 is 11.3. The minimum atomic E-state index is -0.328. The van der Waals surface area contributed by atoms with Gasteiger partial charge >= 0.3 is 0 Å². The van der Waals surface area contributed by atoms with Gasteiger partial charge in [0.05, 0.1) is 6.10 Å². The van der Waals surface area contributed by atoms with Crippen LogP contribution >= 0.6 is 11.8 Å². The van der Waals surface area contributed by atoms with Gasteiger partial charge in [-0.1, -0.05) is 11.8 Å². The Balaban J connectivity index is 2.04. The molecule has 1 heterocycles. The van der Waals surface area contributed by atoms with Crippen molar-refractivity contribution >= 4 is 22.7 Å². The molecule has 0 spiro atoms. The average molecular weight is 344 g/mol. The molecule has 0 bridgehead atoms. The molecule has 24 heavy (non-hydrogen) atoms. The Morgan fingerprint density at radius 1 is 1.08 bits per heavy atom. The molecule has 2 N–H and O–H groups in total. The van der Waals surface area contributed by atoms with Crippen molar-refractivity contribution in [2.45, 2.75) is 29.9 Å². The van der Waals surface area contributed by atoms with Crippen molar-refractivity contribution < 1.29 is 19.4 Å². The monoisotopic (exact) mass is 344 g/mol. The highest BCUT2D eigenvalue weighted by Gasteiger charge is 2.13. The molecule has 0 saturated carbocycles. The van der Waals surface area contributed by atoms with Crippen LogP contribution in [0.3, 0.4) is 0 Å². The number of hydrogen-bond donors (Lipinski definition) is 2. The summed E-state index contributed by atoms with van der Waals surface area (Å²) in [7, 11) is 0. The van der Waals surface area contributed by atoms with E-state index >= 15 is 0 Å². The zero-order valence-electron chi connectivity index (χ0n) is 13.1. The van der Waals surface area contributed by atoms with E-state index in [2.05, 4.69) is 0 Å². The van der Waals surface area contributed by atoms with E-state index < -0.39 is 0 Å². The molecule has 1 aromatic heterocycles. The topological polar surface area (TPSA) is 79.9 Å². The maximum absolute atomic E-state index is 12.3. The first-order valence-electron chi connectivity index (χ1n) is 7.37. The number of hydrogen-bond acceptors (Lipinski definition) is 6. The Hall–Kier alpha value is -2.60. The first-order valence-corrected chi connectivity index (χ1v) is 8.18. The third kappa shape index (κ3) is 3.49. The molecule has 2 aromatic carbocycles. The summed E-state index contributed by atoms with van der Waals surface area (Å²) in [6.45, 7) is 3.74. The number of aromatic hydroxyl groups is 2. The molecule has 0 aliphatic heterocycles. The predicted octanol–water partition coefficient (Wildman–Crippen LogP) is 4.14. The van der Waals surface area contributed by atoms with Gasteiger partial charge in [-0.25, -0.2) is 0 Å². The van der Waals surface area contributed by atoms with E-state index in [0.29, 0.717) is 10.8 Å². The van der Waals surface area contributed by atoms with Crippen LogP contribution in [0.5, 0.6) is 17.2 Å². The lowest BCUT2D eigenvalue weighted by atomic mass is 10.2. The van der Waals surface area contributed by atoms with Crippen molar-refractivity contribution in [3.63, 3.8) is 0 Å². The molecule has 0 atom stereocenters. The fourth-order valence-corrected chi connectivity index (χ4v) is 3.04. The van der Waals surface area contributed by atoms with Gasteiger partial charge in [0.1, 0.15) is 28.2 Å². The number of fused-ring (bicyclic) bond motifs is 1. The van der Waals surface area contributed by atoms with Crippen molar-refractivity contribution in [3.8, 4) is 17.2 Å². The summed E-state index contributed by atoms with van der Waals surface area (Å²) in [6.07, 6.45) is -0.0666. The second-order valence-electron chi connectivity index (χ2n) is 5.51. The molecule has 3 rings (SSSR count). The fraction of sp³-hybridized carbons (Fsp3) is 0.167. The van der Waals surface area contributed by atoms with E-state index in [9.17, 15) is 15.0 Å². The maximum Gasteiger partial charge on any atom is 0.197 e. The minimum absolute atomic E-state index is 0.0666. The summed E-state index contributed by atoms with van der Waals surface area (Å²) in [4.78, 5) is 13.1. The molecule has 0 saturated heterocycles. The maximum atomic E-state index is 12.3. The summed E-state index contributed by atoms with van der Waals surface area (Å²) in [5, 5.41) is 19.9. The van der Waals surface area contributed by atoms with Gasteiger partial charge in [0.2, 0.25) is 0 Å². The molecule has 0 fully saturated rings. The van der Waals surface area contributed by atoms with E-state index in [1.165, 1.54) is 23.9 Å². The highest BCUT2D eigenvalue weighted by atomic mass is 32.2. The number of phenolic OH excluding ortho intramolecular Hbond substituents is 2. The molecule has 0 unspecified atom stereocenters. The van der Waals surface area contributed by atoms with E-state index in [1.807, 2.05) is 13.8 Å². The van der Waals surface area contributed by atoms with Crippen molar-refractivity contribution in [1.29, 1.82) is 0 Å². The van der Waals surface area contributed by atoms with Crippen LogP contribution in [0.2, 0.25) is 0 Å². The Kier molecular flexibility index (Phi) is 4.40. The molecule has 0 aliphatic rings. The second-order valence-corrected chi connectivity index (χ2v) is 6.59. The minimum Gasteiger partial charge on any atom is -0.508 e. The van der Waals surface area contributed by atoms with E-state index in [0.717, 1.165) is 4.90 Å². The zero-order valence-corrected chi connectivity index (χ0v) is 14.0. The second kappa shape index (κ2) is 6.49. The Morgan fingerprint density at radius 2 is 1.79 bits per heavy atom. The third-order valence-electron chi connectivity index (χ3n) is 3.19. The number of rotatable bonds is 4. The molecule has 6 heteroatoms. The van der Waals surface area contributed by atoms with Crippen LogP contribution < -0.4 is 10.2 Å². The first kappa shape index (κ1) is 16.3. The fourth-order valence-electron chi connectivity index (χ4n) is 2.24. The van der Waals surface area contributed by atoms with Gasteiger partial charge in [0.15, 0.2) is 10.5 Å². The summed E-state index contributed by atoms with van der Waals surface area (Å²) in [5.41, 5.74) is -0.0643. The molecule has 3 aromatic rings. The van der Waals surface area contributed by atoms with Crippen molar-refractivity contribution in [2.75, 3.05) is 0 Å². The highest BCUT2D eigenvalue weighted by molar-refractivity contribution is 7.99. The summed E-state index contributed by atoms with van der Waals surface area (Å²) in [6, 6.07) is 10.9. The first-order chi connectivity index (χ1) is 11.4. The molecular formula is C18H16O5S. The zero-order chi connectivity index (χ0) is 17.3. The number of benzene rings is 2. The average Bonchev–Trinajstić information content (AvgIpc) is 2.48. The smallest absolute Gasteiger partial charge is 0.197 e. The predicted molar refractivity (Wildman–Crippen MR) is 92.1 cm³/mol. The summed E-state index contributed by atoms with van der Waals surface area (Å²) >= 11 is 1.25. The van der Waals surface area contributed by atoms with Gasteiger partial charge in [0.25, 0.3) is 0 Å². The molecular weight excluding hydrogens is 328 g/mol. The normalized spacial score (nSPS) is 11.1. The van der Waals surface area contributed by atoms with Crippen molar-refractivity contribution in [2.24, 2.45) is 0 Å². The van der Waals surface area contributed by atoms with Gasteiger partial charge < -0.3 is 19.4 Å². The van der Waals surface area contributed by atoms with Crippen LogP contribution in [0.25, 0.3) is 11.0 Å². The Morgan fingerprint density at radius 3 is 2.46 bits per heavy atom. The van der Waals surface area contributed by atoms with E-state index in [1.54, 1.807) is 30.3 Å². The molecule has 0 radical (unpaired) electrons. The van der Waals surface area contributed by atoms with Gasteiger partial charge in [-0.05, 0) is 38.1 Å². The Bertz CT molecular complexity index is 929. The van der Waals surface area contributed by atoms with Crippen LogP contribution in [-0.2, 0) is 0 Å². The number of phenols is 2. The standard InChI is InChI=1S/C18H16O5S/c1-10(2)22-12-7-14(20)18-15(21)9-17(23-16(18)8-12)24-13-5-3-11(19)4-6-13/h3-10,19-20H,1-2H3. The lowest BCUT2D eigenvalue weighted by Crippen LogP contribution is -2.06. The van der Waals surface area contributed by atoms with Gasteiger partial charge in [0, 0.05) is 23.1 Å².